The van der Waals surface area contributed by atoms with E-state index in [9.17, 15) is 9.59 Å². The Hall–Kier alpha value is -2.17. The summed E-state index contributed by atoms with van der Waals surface area (Å²) in [5.41, 5.74) is 2.79. The number of imide groups is 1. The van der Waals surface area contributed by atoms with Gasteiger partial charge in [0.1, 0.15) is 0 Å². The number of piperidine rings is 1. The van der Waals surface area contributed by atoms with Gasteiger partial charge in [0.2, 0.25) is 11.8 Å². The maximum Gasteiger partial charge on any atom is 0.235 e. The summed E-state index contributed by atoms with van der Waals surface area (Å²) >= 11 is 0. The van der Waals surface area contributed by atoms with Crippen molar-refractivity contribution in [1.29, 1.82) is 0 Å². The number of nitrogens with zero attached hydrogens (tertiary/aromatic N) is 1. The lowest BCUT2D eigenvalue weighted by molar-refractivity contribution is -0.134. The van der Waals surface area contributed by atoms with E-state index in [2.05, 4.69) is 15.5 Å². The first-order chi connectivity index (χ1) is 10.6. The van der Waals surface area contributed by atoms with Gasteiger partial charge in [-0.3, -0.25) is 20.0 Å². The monoisotopic (exact) mass is 303 g/mol. The van der Waals surface area contributed by atoms with Gasteiger partial charge in [-0.15, -0.1) is 0 Å². The first-order valence-corrected chi connectivity index (χ1v) is 7.93. The third-order valence-electron chi connectivity index (χ3n) is 3.33. The molecule has 1 aromatic heterocycles. The maximum atomic E-state index is 11.8. The van der Waals surface area contributed by atoms with Crippen molar-refractivity contribution in [3.05, 3.63) is 29.5 Å². The number of hydrogen-bond donors (Lipinski definition) is 2. The molecule has 5 nitrogen and oxygen atoms in total. The second-order valence-electron chi connectivity index (χ2n) is 4.66. The molecule has 3 rings (SSSR count). The van der Waals surface area contributed by atoms with Gasteiger partial charge in [0.05, 0.1) is 17.1 Å². The van der Waals surface area contributed by atoms with Gasteiger partial charge in [-0.1, -0.05) is 39.8 Å². The van der Waals surface area contributed by atoms with Crippen molar-refractivity contribution >= 4 is 22.7 Å². The zero-order chi connectivity index (χ0) is 16.7. The first-order valence-electron chi connectivity index (χ1n) is 7.93. The fourth-order valence-electron chi connectivity index (χ4n) is 2.38. The van der Waals surface area contributed by atoms with Crippen molar-refractivity contribution in [1.82, 2.24) is 15.5 Å². The summed E-state index contributed by atoms with van der Waals surface area (Å²) in [6.45, 7) is 10.00. The molecule has 1 aliphatic rings. The molecule has 0 radical (unpaired) electrons. The van der Waals surface area contributed by atoms with Crippen LogP contribution in [-0.2, 0) is 9.59 Å². The van der Waals surface area contributed by atoms with Crippen molar-refractivity contribution in [3.8, 4) is 0 Å². The second kappa shape index (κ2) is 8.32. The number of aromatic amines is 1. The van der Waals surface area contributed by atoms with E-state index in [1.54, 1.807) is 0 Å². The molecule has 2 aromatic rings. The lowest BCUT2D eigenvalue weighted by Gasteiger charge is -2.19. The number of fused-ring (bicyclic) bond motifs is 1. The van der Waals surface area contributed by atoms with Crippen LogP contribution >= 0.6 is 0 Å². The third kappa shape index (κ3) is 3.72. The summed E-state index contributed by atoms with van der Waals surface area (Å²) in [6.07, 6.45) is 0.915. The smallest absolute Gasteiger partial charge is 0.235 e. The Morgan fingerprint density at radius 1 is 1.14 bits per heavy atom. The largest absolute Gasteiger partial charge is 0.296 e. The molecule has 22 heavy (non-hydrogen) atoms. The molecule has 1 aromatic carbocycles. The average Bonchev–Trinajstić information content (AvgIpc) is 2.94. The summed E-state index contributed by atoms with van der Waals surface area (Å²) in [6, 6.07) is 5.93. The van der Waals surface area contributed by atoms with Crippen LogP contribution in [-0.4, -0.2) is 22.0 Å². The number of rotatable bonds is 1. The van der Waals surface area contributed by atoms with Gasteiger partial charge in [0.25, 0.3) is 0 Å². The number of hydrogen-bond acceptors (Lipinski definition) is 3. The normalized spacial score (nSPS) is 17.0. The Labute approximate surface area is 131 Å². The number of benzene rings is 1. The standard InChI is InChI=1S/C13H13N3O2.2C2H6/c1-7-2-3-8-10(6-7)15-16-12(8)9-4-5-11(17)14-13(9)18;2*1-2/h2-3,6,9H,4-5H2,1H3,(H,15,16)(H,14,17,18);2*1-2H3. The molecule has 2 amide bonds. The molecule has 0 saturated carbocycles. The minimum Gasteiger partial charge on any atom is -0.296 e. The zero-order valence-electron chi connectivity index (χ0n) is 14.0. The van der Waals surface area contributed by atoms with Crippen LogP contribution in [0, 0.1) is 6.92 Å². The molecule has 2 N–H and O–H groups in total. The van der Waals surface area contributed by atoms with E-state index < -0.39 is 0 Å². The van der Waals surface area contributed by atoms with Crippen molar-refractivity contribution in [2.24, 2.45) is 0 Å². The van der Waals surface area contributed by atoms with Gasteiger partial charge in [-0.2, -0.15) is 5.10 Å². The number of aryl methyl sites for hydroxylation is 1. The number of H-pyrrole nitrogens is 1. The highest BCUT2D eigenvalue weighted by atomic mass is 16.2. The van der Waals surface area contributed by atoms with Crippen LogP contribution in [0.1, 0.15) is 57.7 Å². The molecular formula is C17H25N3O2. The lowest BCUT2D eigenvalue weighted by atomic mass is 9.92. The minimum absolute atomic E-state index is 0.198. The molecule has 1 aliphatic heterocycles. The molecular weight excluding hydrogens is 278 g/mol. The van der Waals surface area contributed by atoms with Crippen LogP contribution in [0.5, 0.6) is 0 Å². The molecule has 0 bridgehead atoms. The van der Waals surface area contributed by atoms with Gasteiger partial charge in [-0.25, -0.2) is 0 Å². The minimum atomic E-state index is -0.310. The Balaban J connectivity index is 0.000000561. The SMILES string of the molecule is CC.CC.Cc1ccc2c(C3CCC(=O)NC3=O)[nH]nc2c1. The van der Waals surface area contributed by atoms with Gasteiger partial charge >= 0.3 is 0 Å². The Kier molecular flexibility index (Phi) is 6.76. The average molecular weight is 303 g/mol. The molecule has 5 heteroatoms. The molecule has 1 fully saturated rings. The van der Waals surface area contributed by atoms with Gasteiger partial charge in [0, 0.05) is 11.8 Å². The number of nitrogens with one attached hydrogen (secondary N) is 2. The molecule has 1 atom stereocenters. The van der Waals surface area contributed by atoms with Crippen molar-refractivity contribution in [2.75, 3.05) is 0 Å². The number of carbonyl (C=O) groups excluding carboxylic acids is 2. The zero-order valence-corrected chi connectivity index (χ0v) is 14.0. The summed E-state index contributed by atoms with van der Waals surface area (Å²) in [5, 5.41) is 10.5. The number of aromatic nitrogens is 2. The predicted molar refractivity (Wildman–Crippen MR) is 88.7 cm³/mol. The molecule has 2 heterocycles. The second-order valence-corrected chi connectivity index (χ2v) is 4.66. The predicted octanol–water partition coefficient (Wildman–Crippen LogP) is 3.44. The van der Waals surface area contributed by atoms with Crippen molar-refractivity contribution in [3.63, 3.8) is 0 Å². The van der Waals surface area contributed by atoms with Crippen LogP contribution in [0.25, 0.3) is 10.9 Å². The van der Waals surface area contributed by atoms with Crippen LogP contribution < -0.4 is 5.32 Å². The third-order valence-corrected chi connectivity index (χ3v) is 3.33. The Bertz CT molecular complexity index is 646. The fraction of sp³-hybridized carbons (Fsp3) is 0.471. The van der Waals surface area contributed by atoms with E-state index in [4.69, 9.17) is 0 Å². The van der Waals surface area contributed by atoms with E-state index in [0.29, 0.717) is 12.8 Å². The number of carbonyl (C=O) groups is 2. The van der Waals surface area contributed by atoms with E-state index in [1.165, 1.54) is 0 Å². The van der Waals surface area contributed by atoms with E-state index in [-0.39, 0.29) is 17.7 Å². The quantitative estimate of drug-likeness (QED) is 0.792. The Morgan fingerprint density at radius 2 is 1.82 bits per heavy atom. The highest BCUT2D eigenvalue weighted by molar-refractivity contribution is 6.02. The van der Waals surface area contributed by atoms with E-state index >= 15 is 0 Å². The van der Waals surface area contributed by atoms with Gasteiger partial charge in [0.15, 0.2) is 0 Å². The topological polar surface area (TPSA) is 74.8 Å². The van der Waals surface area contributed by atoms with Crippen LogP contribution in [0.15, 0.2) is 18.2 Å². The van der Waals surface area contributed by atoms with Crippen LogP contribution in [0.2, 0.25) is 0 Å². The summed E-state index contributed by atoms with van der Waals surface area (Å²) < 4.78 is 0. The highest BCUT2D eigenvalue weighted by Crippen LogP contribution is 2.29. The Morgan fingerprint density at radius 3 is 2.45 bits per heavy atom. The fourth-order valence-corrected chi connectivity index (χ4v) is 2.38. The van der Waals surface area contributed by atoms with E-state index in [1.807, 2.05) is 52.8 Å². The molecule has 1 unspecified atom stereocenters. The van der Waals surface area contributed by atoms with Crippen LogP contribution in [0.4, 0.5) is 0 Å². The van der Waals surface area contributed by atoms with Crippen molar-refractivity contribution in [2.45, 2.75) is 53.4 Å². The van der Waals surface area contributed by atoms with E-state index in [0.717, 1.165) is 22.2 Å². The lowest BCUT2D eigenvalue weighted by Crippen LogP contribution is -2.39. The molecule has 1 saturated heterocycles. The molecule has 120 valence electrons. The summed E-state index contributed by atoms with van der Waals surface area (Å²) in [5.74, 6) is -0.747. The summed E-state index contributed by atoms with van der Waals surface area (Å²) in [4.78, 5) is 23.0. The molecule has 0 spiro atoms. The van der Waals surface area contributed by atoms with Crippen molar-refractivity contribution < 1.29 is 9.59 Å². The van der Waals surface area contributed by atoms with Gasteiger partial charge < -0.3 is 0 Å². The number of amides is 2. The van der Waals surface area contributed by atoms with Crippen LogP contribution in [0.3, 0.4) is 0 Å². The maximum absolute atomic E-state index is 11.8. The van der Waals surface area contributed by atoms with Gasteiger partial charge in [-0.05, 0) is 25.0 Å². The summed E-state index contributed by atoms with van der Waals surface area (Å²) in [7, 11) is 0. The first kappa shape index (κ1) is 17.9. The molecule has 0 aliphatic carbocycles. The highest BCUT2D eigenvalue weighted by Gasteiger charge is 2.30.